The number of aliphatic hydroxyl groups excluding tert-OH is 1. The minimum absolute atomic E-state index is 0.304. The van der Waals surface area contributed by atoms with Crippen molar-refractivity contribution < 1.29 is 14.8 Å². The van der Waals surface area contributed by atoms with Gasteiger partial charge in [-0.05, 0) is 12.0 Å². The summed E-state index contributed by atoms with van der Waals surface area (Å²) < 4.78 is 4.71. The number of hydrogen-bond donors (Lipinski definition) is 3. The van der Waals surface area contributed by atoms with Crippen LogP contribution < -0.4 is 9.89 Å². The minimum Gasteiger partial charge on any atom is -0.430 e. The quantitative estimate of drug-likeness (QED) is 0.552. The minimum atomic E-state index is -0.304. The number of nitrogens with one attached hydrogen (secondary N) is 2. The first-order valence-electron chi connectivity index (χ1n) is 6.87. The van der Waals surface area contributed by atoms with Gasteiger partial charge < -0.3 is 19.7 Å². The van der Waals surface area contributed by atoms with Crippen molar-refractivity contribution in [3.63, 3.8) is 0 Å². The molecule has 2 aromatic rings. The van der Waals surface area contributed by atoms with E-state index < -0.39 is 0 Å². The van der Waals surface area contributed by atoms with Crippen molar-refractivity contribution in [3.05, 3.63) is 41.5 Å². The van der Waals surface area contributed by atoms with Crippen molar-refractivity contribution in [2.24, 2.45) is 0 Å². The number of aliphatic hydroxyl groups is 1. The first-order valence-corrected chi connectivity index (χ1v) is 6.87. The molecule has 2 heterocycles. The number of nitrogens with zero attached hydrogens (tertiary/aromatic N) is 3. The predicted octanol–water partition coefficient (Wildman–Crippen LogP) is 0.117. The Kier molecular flexibility index (Phi) is 3.66. The maximum atomic E-state index is 9.47. The van der Waals surface area contributed by atoms with Crippen LogP contribution in [0, 0.1) is 11.3 Å². The van der Waals surface area contributed by atoms with Gasteiger partial charge in [-0.3, -0.25) is 0 Å². The van der Waals surface area contributed by atoms with E-state index in [0.29, 0.717) is 17.8 Å². The fourth-order valence-corrected chi connectivity index (χ4v) is 2.66. The lowest BCUT2D eigenvalue weighted by molar-refractivity contribution is -0.381. The summed E-state index contributed by atoms with van der Waals surface area (Å²) >= 11 is 0. The lowest BCUT2D eigenvalue weighted by Crippen LogP contribution is -2.67. The van der Waals surface area contributed by atoms with E-state index in [1.54, 1.807) is 18.6 Å². The Morgan fingerprint density at radius 1 is 1.59 bits per heavy atom. The van der Waals surface area contributed by atoms with Gasteiger partial charge in [0.25, 0.3) is 0 Å². The van der Waals surface area contributed by atoms with Gasteiger partial charge in [-0.15, -0.1) is 4.99 Å². The van der Waals surface area contributed by atoms with Crippen molar-refractivity contribution in [2.75, 3.05) is 18.6 Å². The molecule has 1 aliphatic heterocycles. The van der Waals surface area contributed by atoms with E-state index in [1.165, 1.54) is 7.11 Å². The largest absolute Gasteiger partial charge is 0.550 e. The fourth-order valence-electron chi connectivity index (χ4n) is 2.66. The molecule has 0 atom stereocenters. The topological polar surface area (TPSA) is 99.1 Å². The normalized spacial score (nSPS) is 13.8. The van der Waals surface area contributed by atoms with E-state index in [4.69, 9.17) is 4.74 Å². The van der Waals surface area contributed by atoms with Crippen LogP contribution in [0.15, 0.2) is 24.7 Å². The van der Waals surface area contributed by atoms with Gasteiger partial charge in [-0.1, -0.05) is 0 Å². The van der Waals surface area contributed by atoms with Crippen LogP contribution in [0.3, 0.4) is 0 Å². The number of imidazole rings is 1. The molecule has 3 N–H and O–H groups in total. The van der Waals surface area contributed by atoms with Crippen LogP contribution in [-0.4, -0.2) is 34.8 Å². The van der Waals surface area contributed by atoms with Crippen LogP contribution >= 0.6 is 0 Å². The predicted molar refractivity (Wildman–Crippen MR) is 79.8 cm³/mol. The number of hydrogen-bond acceptors (Lipinski definition) is 4. The van der Waals surface area contributed by atoms with Crippen LogP contribution in [0.4, 0.5) is 11.4 Å². The molecule has 22 heavy (non-hydrogen) atoms. The van der Waals surface area contributed by atoms with Gasteiger partial charge in [-0.25, -0.2) is 4.98 Å². The molecule has 0 saturated heterocycles. The molecular formula is C15H16N5O2+. The van der Waals surface area contributed by atoms with Gasteiger partial charge in [0.2, 0.25) is 5.69 Å². The van der Waals surface area contributed by atoms with Crippen molar-refractivity contribution >= 4 is 17.5 Å². The van der Waals surface area contributed by atoms with Crippen molar-refractivity contribution in [2.45, 2.75) is 13.0 Å². The van der Waals surface area contributed by atoms with Gasteiger partial charge >= 0.3 is 6.08 Å². The molecule has 0 saturated carbocycles. The maximum absolute atomic E-state index is 9.47. The Morgan fingerprint density at radius 3 is 3.14 bits per heavy atom. The Balaban J connectivity index is 1.98. The zero-order valence-electron chi connectivity index (χ0n) is 12.1. The average molecular weight is 298 g/mol. The number of rotatable bonds is 3. The molecule has 0 spiro atoms. The molecule has 1 aromatic carbocycles. The highest BCUT2D eigenvalue weighted by molar-refractivity contribution is 5.69. The van der Waals surface area contributed by atoms with Crippen molar-refractivity contribution in [1.82, 2.24) is 9.97 Å². The molecule has 0 radical (unpaired) electrons. The SMILES string of the molecule is COC(O)=[NH+]c1cc(C#N)c2c(c1)N(Cc1cnc[nH]1)CC2. The highest BCUT2D eigenvalue weighted by atomic mass is 16.6. The Bertz CT molecular complexity index is 746. The van der Waals surface area contributed by atoms with Crippen LogP contribution in [-0.2, 0) is 17.7 Å². The van der Waals surface area contributed by atoms with E-state index >= 15 is 0 Å². The number of benzene rings is 1. The molecule has 3 rings (SSSR count). The fraction of sp³-hybridized carbons (Fsp3) is 0.267. The summed E-state index contributed by atoms with van der Waals surface area (Å²) in [5.41, 5.74) is 4.25. The summed E-state index contributed by atoms with van der Waals surface area (Å²) in [5, 5.41) is 18.8. The number of methoxy groups -OCH3 is 1. The molecule has 112 valence electrons. The van der Waals surface area contributed by atoms with Gasteiger partial charge in [0, 0.05) is 30.6 Å². The van der Waals surface area contributed by atoms with E-state index in [9.17, 15) is 10.4 Å². The highest BCUT2D eigenvalue weighted by Gasteiger charge is 2.25. The van der Waals surface area contributed by atoms with Crippen LogP contribution in [0.25, 0.3) is 0 Å². The molecule has 7 nitrogen and oxygen atoms in total. The van der Waals surface area contributed by atoms with E-state index in [2.05, 4.69) is 25.9 Å². The number of H-pyrrole nitrogens is 1. The van der Waals surface area contributed by atoms with Gasteiger partial charge in [-0.2, -0.15) is 5.26 Å². The second kappa shape index (κ2) is 5.77. The van der Waals surface area contributed by atoms with Gasteiger partial charge in [0.05, 0.1) is 37.3 Å². The molecule has 0 amide bonds. The Morgan fingerprint density at radius 2 is 2.45 bits per heavy atom. The van der Waals surface area contributed by atoms with E-state index in [0.717, 1.165) is 29.9 Å². The number of anilines is 1. The standard InChI is InChI=1S/C15H15N5O2/c1-22-15(21)19-11-4-10(6-16)13-2-3-20(14(13)5-11)8-12-7-17-9-18-12/h4-5,7,9H,2-3,8H2,1H3,(H,17,18)(H,19,21)/p+1. The number of fused-ring (bicyclic) bond motifs is 1. The first kappa shape index (κ1) is 13.9. The molecule has 1 aromatic heterocycles. The van der Waals surface area contributed by atoms with E-state index in [1.807, 2.05) is 6.07 Å². The zero-order chi connectivity index (χ0) is 15.5. The summed E-state index contributed by atoms with van der Waals surface area (Å²) in [6.45, 7) is 1.54. The van der Waals surface area contributed by atoms with Crippen molar-refractivity contribution in [1.29, 1.82) is 5.26 Å². The molecule has 0 aliphatic carbocycles. The van der Waals surface area contributed by atoms with E-state index in [-0.39, 0.29) is 6.08 Å². The summed E-state index contributed by atoms with van der Waals surface area (Å²) in [6, 6.07) is 5.85. The zero-order valence-corrected chi connectivity index (χ0v) is 12.1. The Labute approximate surface area is 127 Å². The van der Waals surface area contributed by atoms with Crippen LogP contribution in [0.1, 0.15) is 16.8 Å². The second-order valence-corrected chi connectivity index (χ2v) is 5.02. The monoisotopic (exact) mass is 298 g/mol. The maximum Gasteiger partial charge on any atom is 0.550 e. The van der Waals surface area contributed by atoms with Crippen LogP contribution in [0.5, 0.6) is 0 Å². The lowest BCUT2D eigenvalue weighted by atomic mass is 10.0. The number of aromatic amines is 1. The van der Waals surface area contributed by atoms with Gasteiger partial charge in [0.1, 0.15) is 0 Å². The Hall–Kier alpha value is -3.01. The number of ether oxygens (including phenoxy) is 1. The van der Waals surface area contributed by atoms with Gasteiger partial charge in [0.15, 0.2) is 0 Å². The smallest absolute Gasteiger partial charge is 0.430 e. The summed E-state index contributed by atoms with van der Waals surface area (Å²) in [6.07, 6.45) is 3.96. The summed E-state index contributed by atoms with van der Waals surface area (Å²) in [4.78, 5) is 12.0. The molecule has 7 heteroatoms. The van der Waals surface area contributed by atoms with Crippen molar-refractivity contribution in [3.8, 4) is 6.07 Å². The second-order valence-electron chi connectivity index (χ2n) is 5.02. The molecule has 0 unspecified atom stereocenters. The highest BCUT2D eigenvalue weighted by Crippen LogP contribution is 2.33. The molecule has 0 bridgehead atoms. The van der Waals surface area contributed by atoms with Crippen LogP contribution in [0.2, 0.25) is 0 Å². The molecular weight excluding hydrogens is 282 g/mol. The third kappa shape index (κ3) is 2.59. The number of aromatic nitrogens is 2. The molecule has 0 fully saturated rings. The third-order valence-corrected chi connectivity index (χ3v) is 3.68. The number of nitriles is 1. The summed E-state index contributed by atoms with van der Waals surface area (Å²) in [5.74, 6) is 0. The first-order chi connectivity index (χ1) is 10.7. The lowest BCUT2D eigenvalue weighted by Gasteiger charge is -2.18. The third-order valence-electron chi connectivity index (χ3n) is 3.68. The summed E-state index contributed by atoms with van der Waals surface area (Å²) in [7, 11) is 1.37. The average Bonchev–Trinajstić information content (AvgIpc) is 3.17. The molecule has 1 aliphatic rings.